The van der Waals surface area contributed by atoms with Crippen molar-refractivity contribution in [2.24, 2.45) is 0 Å². The second-order valence-electron chi connectivity index (χ2n) is 6.66. The molecule has 0 saturated carbocycles. The minimum Gasteiger partial charge on any atom is -0.327 e. The summed E-state index contributed by atoms with van der Waals surface area (Å²) in [5, 5.41) is 5.69. The smallest absolute Gasteiger partial charge is 0.327 e. The number of nitrogens with zero attached hydrogens (tertiary/aromatic N) is 5. The lowest BCUT2D eigenvalue weighted by Gasteiger charge is -2.30. The van der Waals surface area contributed by atoms with Crippen molar-refractivity contribution < 1.29 is 17.6 Å². The minimum atomic E-state index is -4.68. The first-order chi connectivity index (χ1) is 14.1. The van der Waals surface area contributed by atoms with Crippen LogP contribution in [0.15, 0.2) is 39.9 Å². The average molecular weight is 507 g/mol. The molecule has 0 saturated heterocycles. The van der Waals surface area contributed by atoms with Gasteiger partial charge in [0.1, 0.15) is 21.3 Å². The van der Waals surface area contributed by atoms with Crippen LogP contribution in [0.25, 0.3) is 0 Å². The van der Waals surface area contributed by atoms with E-state index in [0.717, 1.165) is 16.9 Å². The Hall–Kier alpha value is -2.40. The lowest BCUT2D eigenvalue weighted by Crippen LogP contribution is -2.48. The molecular formula is C18H13BrClF4N5O. The minimum absolute atomic E-state index is 0.0248. The third-order valence-corrected chi connectivity index (χ3v) is 5.72. The van der Waals surface area contributed by atoms with Gasteiger partial charge in [-0.05, 0) is 39.7 Å². The van der Waals surface area contributed by atoms with Crippen LogP contribution in [-0.2, 0) is 25.7 Å². The highest BCUT2D eigenvalue weighted by Crippen LogP contribution is 2.34. The highest BCUT2D eigenvalue weighted by atomic mass is 79.9. The molecule has 12 heteroatoms. The van der Waals surface area contributed by atoms with E-state index in [4.69, 9.17) is 11.6 Å². The summed E-state index contributed by atoms with van der Waals surface area (Å²) in [6, 6.07) is 4.02. The Morgan fingerprint density at radius 3 is 2.70 bits per heavy atom. The summed E-state index contributed by atoms with van der Waals surface area (Å²) in [5.41, 5.74) is -1.01. The molecule has 4 rings (SSSR count). The van der Waals surface area contributed by atoms with Gasteiger partial charge in [0.15, 0.2) is 0 Å². The van der Waals surface area contributed by atoms with Crippen molar-refractivity contribution in [1.82, 2.24) is 19.4 Å². The molecule has 0 spiro atoms. The van der Waals surface area contributed by atoms with Gasteiger partial charge in [0, 0.05) is 13.0 Å². The number of benzene rings is 1. The molecule has 3 heterocycles. The van der Waals surface area contributed by atoms with Crippen LogP contribution in [0.5, 0.6) is 0 Å². The third kappa shape index (κ3) is 3.83. The molecule has 2 aromatic heterocycles. The molecule has 0 aliphatic carbocycles. The summed E-state index contributed by atoms with van der Waals surface area (Å²) in [5.74, 6) is -0.400. The van der Waals surface area contributed by atoms with Gasteiger partial charge in [0.2, 0.25) is 0 Å². The molecule has 30 heavy (non-hydrogen) atoms. The fourth-order valence-electron chi connectivity index (χ4n) is 3.41. The first-order valence-corrected chi connectivity index (χ1v) is 9.90. The predicted octanol–water partition coefficient (Wildman–Crippen LogP) is 3.76. The summed E-state index contributed by atoms with van der Waals surface area (Å²) in [4.78, 5) is 17.7. The van der Waals surface area contributed by atoms with Gasteiger partial charge in [0.25, 0.3) is 0 Å². The van der Waals surface area contributed by atoms with Crippen LogP contribution in [-0.4, -0.2) is 26.0 Å². The van der Waals surface area contributed by atoms with Crippen LogP contribution in [0.4, 0.5) is 17.6 Å². The average Bonchev–Trinajstić information content (AvgIpc) is 2.99. The molecule has 3 aromatic rings. The molecular weight excluding hydrogens is 494 g/mol. The molecule has 1 aromatic carbocycles. The maximum Gasteiger partial charge on any atom is 0.416 e. The van der Waals surface area contributed by atoms with Crippen molar-refractivity contribution in [2.75, 3.05) is 11.6 Å². The van der Waals surface area contributed by atoms with E-state index >= 15 is 0 Å². The van der Waals surface area contributed by atoms with Crippen LogP contribution in [0, 0.1) is 5.82 Å². The summed E-state index contributed by atoms with van der Waals surface area (Å²) >= 11 is 9.18. The molecule has 0 fully saturated rings. The van der Waals surface area contributed by atoms with Crippen molar-refractivity contribution in [1.29, 1.82) is 0 Å². The molecule has 0 atom stereocenters. The Morgan fingerprint density at radius 2 is 1.97 bits per heavy atom. The Kier molecular flexibility index (Phi) is 5.35. The molecule has 0 bridgehead atoms. The van der Waals surface area contributed by atoms with Crippen molar-refractivity contribution in [2.45, 2.75) is 25.7 Å². The number of aromatic nitrogens is 4. The van der Waals surface area contributed by atoms with Crippen LogP contribution in [0.3, 0.4) is 0 Å². The van der Waals surface area contributed by atoms with Crippen molar-refractivity contribution >= 4 is 27.5 Å². The summed E-state index contributed by atoms with van der Waals surface area (Å²) in [7, 11) is 0. The monoisotopic (exact) mass is 505 g/mol. The summed E-state index contributed by atoms with van der Waals surface area (Å²) in [6.45, 7) is 0.944. The van der Waals surface area contributed by atoms with Gasteiger partial charge in [-0.3, -0.25) is 9.80 Å². The predicted molar refractivity (Wildman–Crippen MR) is 104 cm³/mol. The van der Waals surface area contributed by atoms with E-state index in [1.165, 1.54) is 12.3 Å². The summed E-state index contributed by atoms with van der Waals surface area (Å²) < 4.78 is 55.6. The Labute approximate surface area is 180 Å². The number of halogens is 6. The quantitative estimate of drug-likeness (QED) is 0.508. The molecule has 1 aliphatic rings. The fourth-order valence-corrected chi connectivity index (χ4v) is 4.10. The van der Waals surface area contributed by atoms with Gasteiger partial charge in [0.05, 0.1) is 30.5 Å². The highest BCUT2D eigenvalue weighted by Gasteiger charge is 2.34. The Bertz CT molecular complexity index is 1180. The molecule has 1 aliphatic heterocycles. The van der Waals surface area contributed by atoms with Crippen LogP contribution >= 0.6 is 27.5 Å². The van der Waals surface area contributed by atoms with Gasteiger partial charge in [-0.1, -0.05) is 17.7 Å². The molecule has 6 nitrogen and oxygen atoms in total. The van der Waals surface area contributed by atoms with E-state index < -0.39 is 23.1 Å². The van der Waals surface area contributed by atoms with Crippen LogP contribution in [0.2, 0.25) is 5.02 Å². The maximum atomic E-state index is 13.4. The van der Waals surface area contributed by atoms with Crippen molar-refractivity contribution in [3.63, 3.8) is 0 Å². The standard InChI is InChI=1S/C18H13BrClF4N5O/c19-16-14(7-10-1-2-11(21)8-12(10)18(22,23)24)28-6-5-27(9-15(28)26-16)29-17(30)13(20)3-4-25-29/h1-4,8H,5-7,9H2. The molecule has 158 valence electrons. The van der Waals surface area contributed by atoms with Gasteiger partial charge in [-0.15, -0.1) is 4.79 Å². The molecule has 0 amide bonds. The number of hydrogen-bond acceptors (Lipinski definition) is 4. The zero-order valence-electron chi connectivity index (χ0n) is 15.1. The van der Waals surface area contributed by atoms with E-state index in [-0.39, 0.29) is 23.6 Å². The van der Waals surface area contributed by atoms with E-state index in [9.17, 15) is 22.4 Å². The number of fused-ring (bicyclic) bond motifs is 1. The normalized spacial score (nSPS) is 14.1. The fraction of sp³-hybridized carbons (Fsp3) is 0.278. The largest absolute Gasteiger partial charge is 0.416 e. The SMILES string of the molecule is O=c1c(Cl)ccnn1N1CCn2c(nc(Br)c2Cc2ccc(F)cc2C(F)(F)F)C1. The lowest BCUT2D eigenvalue weighted by atomic mass is 10.0. The zero-order chi connectivity index (χ0) is 21.6. The van der Waals surface area contributed by atoms with Crippen LogP contribution < -0.4 is 10.6 Å². The van der Waals surface area contributed by atoms with Crippen molar-refractivity contribution in [3.05, 3.63) is 78.9 Å². The van der Waals surface area contributed by atoms with Gasteiger partial charge >= 0.3 is 11.7 Å². The molecule has 0 radical (unpaired) electrons. The van der Waals surface area contributed by atoms with E-state index in [2.05, 4.69) is 26.0 Å². The first kappa shape index (κ1) is 20.9. The van der Waals surface area contributed by atoms with E-state index in [0.29, 0.717) is 35.3 Å². The van der Waals surface area contributed by atoms with E-state index in [1.54, 1.807) is 9.58 Å². The second-order valence-corrected chi connectivity index (χ2v) is 7.81. The topological polar surface area (TPSA) is 56.0 Å². The number of hydrogen-bond donors (Lipinski definition) is 0. The Morgan fingerprint density at radius 1 is 1.20 bits per heavy atom. The van der Waals surface area contributed by atoms with Gasteiger partial charge < -0.3 is 4.57 Å². The zero-order valence-corrected chi connectivity index (χ0v) is 17.5. The Balaban J connectivity index is 1.67. The molecule has 0 unspecified atom stereocenters. The third-order valence-electron chi connectivity index (χ3n) is 4.79. The van der Waals surface area contributed by atoms with Gasteiger partial charge in [-0.25, -0.2) is 9.37 Å². The van der Waals surface area contributed by atoms with E-state index in [1.807, 2.05) is 0 Å². The second kappa shape index (κ2) is 7.69. The highest BCUT2D eigenvalue weighted by molar-refractivity contribution is 9.10. The summed E-state index contributed by atoms with van der Waals surface area (Å²) in [6.07, 6.45) is -3.36. The molecule has 0 N–H and O–H groups in total. The number of imidazole rings is 1. The maximum absolute atomic E-state index is 13.4. The lowest BCUT2D eigenvalue weighted by molar-refractivity contribution is -0.138. The number of alkyl halides is 3. The number of rotatable bonds is 3. The van der Waals surface area contributed by atoms with Crippen molar-refractivity contribution in [3.8, 4) is 0 Å². The van der Waals surface area contributed by atoms with Crippen LogP contribution in [0.1, 0.15) is 22.6 Å². The van der Waals surface area contributed by atoms with Gasteiger partial charge in [-0.2, -0.15) is 18.3 Å². The first-order valence-electron chi connectivity index (χ1n) is 8.73.